The van der Waals surface area contributed by atoms with Crippen molar-refractivity contribution in [1.82, 2.24) is 10.2 Å². The number of rotatable bonds is 7. The van der Waals surface area contributed by atoms with Crippen molar-refractivity contribution in [2.45, 2.75) is 32.6 Å². The van der Waals surface area contributed by atoms with Gasteiger partial charge in [-0.1, -0.05) is 6.92 Å². The molecule has 0 aromatic rings. The number of hydrogen-bond donors (Lipinski definition) is 2. The van der Waals surface area contributed by atoms with Crippen LogP contribution < -0.4 is 11.1 Å². The lowest BCUT2D eigenvalue weighted by atomic mass is 9.97. The molecule has 0 unspecified atom stereocenters. The standard InChI is InChI=1S/C13H23N3O3/c1-10(6-12(14)18)7-13(19)15-8-11-2-4-16(9-17)5-3-11/h9-11H,2-8H2,1H3,(H2,14,18)(H,15,19)/t10-/m1/s1. The van der Waals surface area contributed by atoms with E-state index in [2.05, 4.69) is 5.32 Å². The van der Waals surface area contributed by atoms with Crippen LogP contribution in [0.3, 0.4) is 0 Å². The summed E-state index contributed by atoms with van der Waals surface area (Å²) >= 11 is 0. The Labute approximate surface area is 113 Å². The van der Waals surface area contributed by atoms with Gasteiger partial charge in [0.05, 0.1) is 0 Å². The molecule has 108 valence electrons. The van der Waals surface area contributed by atoms with Gasteiger partial charge in [-0.05, 0) is 24.7 Å². The predicted molar refractivity (Wildman–Crippen MR) is 71.0 cm³/mol. The second-order valence-electron chi connectivity index (χ2n) is 5.37. The zero-order valence-electron chi connectivity index (χ0n) is 11.4. The molecule has 3 N–H and O–H groups in total. The van der Waals surface area contributed by atoms with E-state index in [1.54, 1.807) is 4.90 Å². The summed E-state index contributed by atoms with van der Waals surface area (Å²) in [5, 5.41) is 2.89. The molecule has 1 fully saturated rings. The molecule has 1 aliphatic heterocycles. The third kappa shape index (κ3) is 6.22. The topological polar surface area (TPSA) is 92.5 Å². The highest BCUT2D eigenvalue weighted by molar-refractivity contribution is 5.78. The fourth-order valence-corrected chi connectivity index (χ4v) is 2.32. The van der Waals surface area contributed by atoms with Gasteiger partial charge in [0.1, 0.15) is 0 Å². The molecule has 0 spiro atoms. The van der Waals surface area contributed by atoms with E-state index in [1.807, 2.05) is 6.92 Å². The molecule has 0 bridgehead atoms. The van der Waals surface area contributed by atoms with Crippen LogP contribution in [-0.2, 0) is 14.4 Å². The molecule has 1 saturated heterocycles. The van der Waals surface area contributed by atoms with Crippen LogP contribution >= 0.6 is 0 Å². The number of nitrogens with zero attached hydrogens (tertiary/aromatic N) is 1. The number of likely N-dealkylation sites (tertiary alicyclic amines) is 1. The van der Waals surface area contributed by atoms with Crippen molar-refractivity contribution >= 4 is 18.2 Å². The first kappa shape index (κ1) is 15.5. The number of carbonyl (C=O) groups is 3. The lowest BCUT2D eigenvalue weighted by Crippen LogP contribution is -2.38. The van der Waals surface area contributed by atoms with Gasteiger partial charge in [0.2, 0.25) is 18.2 Å². The summed E-state index contributed by atoms with van der Waals surface area (Å²) in [5.41, 5.74) is 5.08. The first-order valence-corrected chi connectivity index (χ1v) is 6.75. The van der Waals surface area contributed by atoms with Crippen LogP contribution in [0.25, 0.3) is 0 Å². The minimum absolute atomic E-state index is 0.0191. The smallest absolute Gasteiger partial charge is 0.220 e. The van der Waals surface area contributed by atoms with E-state index >= 15 is 0 Å². The molecule has 0 aliphatic carbocycles. The Kier molecular flexibility index (Phi) is 6.32. The van der Waals surface area contributed by atoms with E-state index in [-0.39, 0.29) is 24.2 Å². The molecular formula is C13H23N3O3. The van der Waals surface area contributed by atoms with Crippen LogP contribution in [0.5, 0.6) is 0 Å². The number of nitrogens with two attached hydrogens (primary N) is 1. The summed E-state index contributed by atoms with van der Waals surface area (Å²) in [6, 6.07) is 0. The zero-order chi connectivity index (χ0) is 14.3. The first-order chi connectivity index (χ1) is 9.01. The SMILES string of the molecule is C[C@H](CC(N)=O)CC(=O)NCC1CCN(C=O)CC1. The van der Waals surface area contributed by atoms with Crippen molar-refractivity contribution in [2.24, 2.45) is 17.6 Å². The maximum Gasteiger partial charge on any atom is 0.220 e. The van der Waals surface area contributed by atoms with Crippen molar-refractivity contribution in [1.29, 1.82) is 0 Å². The van der Waals surface area contributed by atoms with Crippen molar-refractivity contribution < 1.29 is 14.4 Å². The molecule has 1 aliphatic rings. The monoisotopic (exact) mass is 269 g/mol. The molecule has 1 heterocycles. The minimum atomic E-state index is -0.374. The number of piperidine rings is 1. The molecule has 0 aromatic heterocycles. The molecule has 6 nitrogen and oxygen atoms in total. The molecular weight excluding hydrogens is 246 g/mol. The lowest BCUT2D eigenvalue weighted by Gasteiger charge is -2.29. The largest absolute Gasteiger partial charge is 0.370 e. The average Bonchev–Trinajstić information content (AvgIpc) is 2.36. The molecule has 0 radical (unpaired) electrons. The molecule has 19 heavy (non-hydrogen) atoms. The Morgan fingerprint density at radius 1 is 1.37 bits per heavy atom. The molecule has 3 amide bonds. The molecule has 0 saturated carbocycles. The Morgan fingerprint density at radius 2 is 2.00 bits per heavy atom. The van der Waals surface area contributed by atoms with Crippen molar-refractivity contribution in [3.63, 3.8) is 0 Å². The summed E-state index contributed by atoms with van der Waals surface area (Å²) in [6.45, 7) is 4.02. The number of primary amides is 1. The van der Waals surface area contributed by atoms with Gasteiger partial charge in [-0.15, -0.1) is 0 Å². The fourth-order valence-electron chi connectivity index (χ4n) is 2.32. The van der Waals surface area contributed by atoms with E-state index < -0.39 is 0 Å². The molecule has 0 aromatic carbocycles. The van der Waals surface area contributed by atoms with E-state index in [4.69, 9.17) is 5.73 Å². The summed E-state index contributed by atoms with van der Waals surface area (Å²) < 4.78 is 0. The van der Waals surface area contributed by atoms with Gasteiger partial charge in [-0.2, -0.15) is 0 Å². The number of nitrogens with one attached hydrogen (secondary N) is 1. The third-order valence-corrected chi connectivity index (χ3v) is 3.47. The second-order valence-corrected chi connectivity index (χ2v) is 5.37. The van der Waals surface area contributed by atoms with Crippen LogP contribution in [0.15, 0.2) is 0 Å². The average molecular weight is 269 g/mol. The van der Waals surface area contributed by atoms with Gasteiger partial charge in [0.15, 0.2) is 0 Å². The van der Waals surface area contributed by atoms with Crippen LogP contribution in [0.1, 0.15) is 32.6 Å². The Bertz CT molecular complexity index is 325. The van der Waals surface area contributed by atoms with Crippen molar-refractivity contribution in [3.05, 3.63) is 0 Å². The highest BCUT2D eigenvalue weighted by Gasteiger charge is 2.19. The number of carbonyl (C=O) groups excluding carboxylic acids is 3. The van der Waals surface area contributed by atoms with E-state index in [1.165, 1.54) is 0 Å². The van der Waals surface area contributed by atoms with E-state index in [0.717, 1.165) is 32.3 Å². The Hall–Kier alpha value is -1.59. The number of hydrogen-bond acceptors (Lipinski definition) is 3. The maximum absolute atomic E-state index is 11.7. The van der Waals surface area contributed by atoms with Crippen LogP contribution in [-0.4, -0.2) is 42.8 Å². The highest BCUT2D eigenvalue weighted by Crippen LogP contribution is 2.15. The lowest BCUT2D eigenvalue weighted by molar-refractivity contribution is -0.123. The fraction of sp³-hybridized carbons (Fsp3) is 0.769. The van der Waals surface area contributed by atoms with Crippen molar-refractivity contribution in [2.75, 3.05) is 19.6 Å². The van der Waals surface area contributed by atoms with Crippen molar-refractivity contribution in [3.8, 4) is 0 Å². The second kappa shape index (κ2) is 7.76. The van der Waals surface area contributed by atoms with Crippen LogP contribution in [0.4, 0.5) is 0 Å². The molecule has 1 rings (SSSR count). The van der Waals surface area contributed by atoms with Crippen LogP contribution in [0.2, 0.25) is 0 Å². The van der Waals surface area contributed by atoms with E-state index in [9.17, 15) is 14.4 Å². The Morgan fingerprint density at radius 3 is 2.53 bits per heavy atom. The van der Waals surface area contributed by atoms with E-state index in [0.29, 0.717) is 18.9 Å². The quantitative estimate of drug-likeness (QED) is 0.631. The minimum Gasteiger partial charge on any atom is -0.370 e. The highest BCUT2D eigenvalue weighted by atomic mass is 16.2. The Balaban J connectivity index is 2.16. The summed E-state index contributed by atoms with van der Waals surface area (Å²) in [4.78, 5) is 34.7. The summed E-state index contributed by atoms with van der Waals surface area (Å²) in [5.74, 6) is 0.00843. The van der Waals surface area contributed by atoms with Gasteiger partial charge >= 0.3 is 0 Å². The number of amides is 3. The summed E-state index contributed by atoms with van der Waals surface area (Å²) in [7, 11) is 0. The van der Waals surface area contributed by atoms with Gasteiger partial charge < -0.3 is 16.0 Å². The van der Waals surface area contributed by atoms with Gasteiger partial charge in [-0.25, -0.2) is 0 Å². The predicted octanol–water partition coefficient (Wildman–Crippen LogP) is -0.127. The van der Waals surface area contributed by atoms with Crippen LogP contribution in [0, 0.1) is 11.8 Å². The van der Waals surface area contributed by atoms with Gasteiger partial charge in [0, 0.05) is 32.5 Å². The molecule has 1 atom stereocenters. The van der Waals surface area contributed by atoms with Gasteiger partial charge in [-0.3, -0.25) is 14.4 Å². The zero-order valence-corrected chi connectivity index (χ0v) is 11.4. The van der Waals surface area contributed by atoms with Gasteiger partial charge in [0.25, 0.3) is 0 Å². The first-order valence-electron chi connectivity index (χ1n) is 6.75. The molecule has 6 heteroatoms. The summed E-state index contributed by atoms with van der Waals surface area (Å²) in [6.07, 6.45) is 3.30. The third-order valence-electron chi connectivity index (χ3n) is 3.47. The maximum atomic E-state index is 11.7. The normalized spacial score (nSPS) is 17.8.